The minimum absolute atomic E-state index is 0.654. The van der Waals surface area contributed by atoms with Gasteiger partial charge in [0.1, 0.15) is 6.07 Å². The topological polar surface area (TPSA) is 35.8 Å². The van der Waals surface area contributed by atoms with Crippen molar-refractivity contribution in [3.63, 3.8) is 0 Å². The lowest BCUT2D eigenvalue weighted by Gasteiger charge is -2.06. The van der Waals surface area contributed by atoms with Crippen molar-refractivity contribution >= 4 is 33.0 Å². The summed E-state index contributed by atoms with van der Waals surface area (Å²) in [7, 11) is 0. The number of nitrogens with one attached hydrogen (secondary N) is 1. The molecule has 0 fully saturated rings. The van der Waals surface area contributed by atoms with Gasteiger partial charge in [0, 0.05) is 16.7 Å². The van der Waals surface area contributed by atoms with Crippen molar-refractivity contribution < 1.29 is 0 Å². The lowest BCUT2D eigenvalue weighted by atomic mass is 10.2. The Bertz CT molecular complexity index is 514. The van der Waals surface area contributed by atoms with E-state index < -0.39 is 0 Å². The zero-order valence-electron chi connectivity index (χ0n) is 8.40. The second kappa shape index (κ2) is 5.15. The van der Waals surface area contributed by atoms with Crippen LogP contribution in [0.5, 0.6) is 0 Å². The number of hydrogen-bond donors (Lipinski definition) is 1. The molecule has 2 nitrogen and oxygen atoms in total. The predicted molar refractivity (Wildman–Crippen MR) is 70.5 cm³/mol. The molecule has 16 heavy (non-hydrogen) atoms. The highest BCUT2D eigenvalue weighted by Gasteiger charge is 2.00. The van der Waals surface area contributed by atoms with Crippen LogP contribution < -0.4 is 5.32 Å². The van der Waals surface area contributed by atoms with Gasteiger partial charge in [-0.15, -0.1) is 0 Å². The molecule has 1 N–H and O–H groups in total. The maximum atomic E-state index is 8.79. The number of nitriles is 1. The van der Waals surface area contributed by atoms with Gasteiger partial charge in [0.2, 0.25) is 0 Å². The molecule has 0 spiro atoms. The smallest absolute Gasteiger partial charge is 0.100 e. The molecule has 4 heteroatoms. The molecule has 1 heterocycles. The summed E-state index contributed by atoms with van der Waals surface area (Å²) in [4.78, 5) is 0. The summed E-state index contributed by atoms with van der Waals surface area (Å²) in [5.74, 6) is 0. The Hall–Kier alpha value is -1.31. The normalized spacial score (nSPS) is 9.75. The highest BCUT2D eigenvalue weighted by atomic mass is 79.9. The number of halogens is 1. The van der Waals surface area contributed by atoms with Crippen LogP contribution in [0.4, 0.5) is 5.69 Å². The van der Waals surface area contributed by atoms with E-state index >= 15 is 0 Å². The second-order valence-electron chi connectivity index (χ2n) is 3.29. The van der Waals surface area contributed by atoms with Crippen molar-refractivity contribution in [1.82, 2.24) is 0 Å². The lowest BCUT2D eigenvalue weighted by Crippen LogP contribution is -1.98. The molecule has 0 aliphatic carbocycles. The second-order valence-corrected chi connectivity index (χ2v) is 4.93. The van der Waals surface area contributed by atoms with Crippen LogP contribution in [-0.2, 0) is 6.54 Å². The van der Waals surface area contributed by atoms with E-state index in [9.17, 15) is 0 Å². The molecule has 0 aliphatic heterocycles. The highest BCUT2D eigenvalue weighted by Crippen LogP contribution is 2.21. The van der Waals surface area contributed by atoms with E-state index in [4.69, 9.17) is 5.26 Å². The first kappa shape index (κ1) is 11.2. The van der Waals surface area contributed by atoms with Crippen LogP contribution in [0.25, 0.3) is 0 Å². The van der Waals surface area contributed by atoms with Gasteiger partial charge in [-0.25, -0.2) is 0 Å². The van der Waals surface area contributed by atoms with Gasteiger partial charge in [-0.2, -0.15) is 16.6 Å². The number of nitrogens with zero attached hydrogens (tertiary/aromatic N) is 1. The summed E-state index contributed by atoms with van der Waals surface area (Å²) >= 11 is 5.06. The van der Waals surface area contributed by atoms with E-state index in [2.05, 4.69) is 44.1 Å². The van der Waals surface area contributed by atoms with Gasteiger partial charge in [-0.3, -0.25) is 0 Å². The van der Waals surface area contributed by atoms with E-state index in [0.717, 1.165) is 16.7 Å². The molecule has 2 aromatic rings. The van der Waals surface area contributed by atoms with Crippen LogP contribution in [-0.4, -0.2) is 0 Å². The Morgan fingerprint density at radius 2 is 2.25 bits per heavy atom. The van der Waals surface area contributed by atoms with Gasteiger partial charge < -0.3 is 5.32 Å². The van der Waals surface area contributed by atoms with Gasteiger partial charge in [0.15, 0.2) is 0 Å². The number of benzene rings is 1. The third kappa shape index (κ3) is 2.63. The fraction of sp³-hybridized carbons (Fsp3) is 0.0833. The Balaban J connectivity index is 2.06. The molecule has 0 saturated heterocycles. The van der Waals surface area contributed by atoms with Crippen molar-refractivity contribution in [2.45, 2.75) is 6.54 Å². The minimum atomic E-state index is 0.654. The quantitative estimate of drug-likeness (QED) is 0.928. The van der Waals surface area contributed by atoms with Gasteiger partial charge in [0.05, 0.1) is 5.56 Å². The van der Waals surface area contributed by atoms with E-state index in [1.54, 1.807) is 17.4 Å². The molecule has 1 aromatic heterocycles. The standard InChI is InChI=1S/C12H9BrN2S/c13-12-5-11(2-1-10(12)6-14)15-7-9-3-4-16-8-9/h1-5,8,15H,7H2. The summed E-state index contributed by atoms with van der Waals surface area (Å²) < 4.78 is 0.824. The molecular weight excluding hydrogens is 284 g/mol. The minimum Gasteiger partial charge on any atom is -0.381 e. The van der Waals surface area contributed by atoms with Gasteiger partial charge >= 0.3 is 0 Å². The van der Waals surface area contributed by atoms with Crippen molar-refractivity contribution in [2.24, 2.45) is 0 Å². The first-order valence-corrected chi connectivity index (χ1v) is 6.48. The largest absolute Gasteiger partial charge is 0.381 e. The van der Waals surface area contributed by atoms with Crippen molar-refractivity contribution in [2.75, 3.05) is 5.32 Å². The first-order chi connectivity index (χ1) is 7.79. The van der Waals surface area contributed by atoms with E-state index in [0.29, 0.717) is 5.56 Å². The summed E-state index contributed by atoms with van der Waals surface area (Å²) in [5.41, 5.74) is 2.93. The number of thiophene rings is 1. The number of rotatable bonds is 3. The summed E-state index contributed by atoms with van der Waals surface area (Å²) in [6.07, 6.45) is 0. The SMILES string of the molecule is N#Cc1ccc(NCc2ccsc2)cc1Br. The third-order valence-electron chi connectivity index (χ3n) is 2.17. The van der Waals surface area contributed by atoms with Gasteiger partial charge in [-0.05, 0) is 56.5 Å². The van der Waals surface area contributed by atoms with Crippen molar-refractivity contribution in [3.05, 3.63) is 50.6 Å². The van der Waals surface area contributed by atoms with Crippen LogP contribution in [0, 0.1) is 11.3 Å². The van der Waals surface area contributed by atoms with Crippen LogP contribution in [0.3, 0.4) is 0 Å². The maximum Gasteiger partial charge on any atom is 0.100 e. The Labute approximate surface area is 107 Å². The van der Waals surface area contributed by atoms with Crippen LogP contribution >= 0.6 is 27.3 Å². The van der Waals surface area contributed by atoms with Crippen LogP contribution in [0.1, 0.15) is 11.1 Å². The molecular formula is C12H9BrN2S. The zero-order chi connectivity index (χ0) is 11.4. The molecule has 0 unspecified atom stereocenters. The summed E-state index contributed by atoms with van der Waals surface area (Å²) in [6, 6.07) is 9.85. The molecule has 0 aliphatic rings. The van der Waals surface area contributed by atoms with Crippen molar-refractivity contribution in [3.8, 4) is 6.07 Å². The molecule has 1 aromatic carbocycles. The molecule has 0 radical (unpaired) electrons. The predicted octanol–water partition coefficient (Wildman–Crippen LogP) is 3.99. The maximum absolute atomic E-state index is 8.79. The summed E-state index contributed by atoms with van der Waals surface area (Å²) in [5, 5.41) is 16.3. The molecule has 0 atom stereocenters. The van der Waals surface area contributed by atoms with Crippen LogP contribution in [0.2, 0.25) is 0 Å². The fourth-order valence-electron chi connectivity index (χ4n) is 1.31. The average Bonchev–Trinajstić information content (AvgIpc) is 2.79. The lowest BCUT2D eigenvalue weighted by molar-refractivity contribution is 1.16. The molecule has 2 rings (SSSR count). The monoisotopic (exact) mass is 292 g/mol. The molecule has 0 bridgehead atoms. The molecule has 0 amide bonds. The van der Waals surface area contributed by atoms with Crippen LogP contribution in [0.15, 0.2) is 39.5 Å². The third-order valence-corrected chi connectivity index (χ3v) is 3.55. The van der Waals surface area contributed by atoms with Gasteiger partial charge in [0.25, 0.3) is 0 Å². The molecule has 80 valence electrons. The van der Waals surface area contributed by atoms with Gasteiger partial charge in [-0.1, -0.05) is 0 Å². The Morgan fingerprint density at radius 1 is 1.38 bits per heavy atom. The first-order valence-electron chi connectivity index (χ1n) is 4.74. The van der Waals surface area contributed by atoms with E-state index in [1.165, 1.54) is 5.56 Å². The van der Waals surface area contributed by atoms with E-state index in [1.807, 2.05) is 12.1 Å². The number of hydrogen-bond acceptors (Lipinski definition) is 3. The highest BCUT2D eigenvalue weighted by molar-refractivity contribution is 9.10. The summed E-state index contributed by atoms with van der Waals surface area (Å²) in [6.45, 7) is 0.807. The molecule has 0 saturated carbocycles. The Kier molecular flexibility index (Phi) is 3.60. The Morgan fingerprint density at radius 3 is 2.88 bits per heavy atom. The van der Waals surface area contributed by atoms with Crippen molar-refractivity contribution in [1.29, 1.82) is 5.26 Å². The zero-order valence-corrected chi connectivity index (χ0v) is 10.8. The average molecular weight is 293 g/mol. The fourth-order valence-corrected chi connectivity index (χ4v) is 2.45. The van der Waals surface area contributed by atoms with E-state index in [-0.39, 0.29) is 0 Å². The number of anilines is 1.